The second kappa shape index (κ2) is 9.27. The van der Waals surface area contributed by atoms with Crippen molar-refractivity contribution in [3.63, 3.8) is 0 Å². The summed E-state index contributed by atoms with van der Waals surface area (Å²) >= 11 is 1.28. The maximum absolute atomic E-state index is 12.8. The standard InChI is InChI=1S/C20H27F2N5O5S/c1-8-13-12(9(2)24-17(28)16(21)22)19(30)27(13)14(20(31)32)15(8)33-10-5-11(18(29)25(3)4)26(6-10)7-23/h7-13,16,23H,5-6H2,1-4H3,(H,24,28)(H,31,32)/t8-,9?,10+,11+,12-,13-/m1/s1. The molecule has 3 amide bonds. The average Bonchev–Trinajstić information content (AvgIpc) is 3.25. The van der Waals surface area contributed by atoms with Crippen LogP contribution in [0.15, 0.2) is 10.6 Å². The Morgan fingerprint density at radius 3 is 2.48 bits per heavy atom. The van der Waals surface area contributed by atoms with Gasteiger partial charge in [0, 0.05) is 42.8 Å². The monoisotopic (exact) mass is 487 g/mol. The van der Waals surface area contributed by atoms with E-state index in [4.69, 9.17) is 5.41 Å². The Morgan fingerprint density at radius 1 is 1.33 bits per heavy atom. The highest BCUT2D eigenvalue weighted by Gasteiger charge is 2.60. The lowest BCUT2D eigenvalue weighted by Crippen LogP contribution is -2.66. The molecule has 13 heteroatoms. The van der Waals surface area contributed by atoms with E-state index < -0.39 is 54.2 Å². The van der Waals surface area contributed by atoms with Crippen LogP contribution in [0.3, 0.4) is 0 Å². The van der Waals surface area contributed by atoms with Crippen LogP contribution in [-0.2, 0) is 19.2 Å². The van der Waals surface area contributed by atoms with Crippen LogP contribution < -0.4 is 5.32 Å². The second-order valence-electron chi connectivity index (χ2n) is 8.68. The first-order chi connectivity index (χ1) is 15.4. The number of carbonyl (C=O) groups is 4. The topological polar surface area (TPSA) is 134 Å². The van der Waals surface area contributed by atoms with Crippen molar-refractivity contribution in [3.8, 4) is 0 Å². The van der Waals surface area contributed by atoms with Gasteiger partial charge in [-0.05, 0) is 13.3 Å². The van der Waals surface area contributed by atoms with E-state index in [9.17, 15) is 33.1 Å². The van der Waals surface area contributed by atoms with Crippen molar-refractivity contribution >= 4 is 41.8 Å². The molecule has 0 spiro atoms. The molecule has 2 saturated heterocycles. The van der Waals surface area contributed by atoms with Crippen LogP contribution in [0.2, 0.25) is 0 Å². The zero-order valence-electron chi connectivity index (χ0n) is 18.6. The maximum atomic E-state index is 12.8. The molecule has 3 N–H and O–H groups in total. The Labute approximate surface area is 193 Å². The van der Waals surface area contributed by atoms with E-state index >= 15 is 0 Å². The third-order valence-corrected chi connectivity index (χ3v) is 7.88. The summed E-state index contributed by atoms with van der Waals surface area (Å²) in [7, 11) is 3.25. The number of nitrogens with zero attached hydrogens (tertiary/aromatic N) is 3. The number of amides is 3. The van der Waals surface area contributed by atoms with Gasteiger partial charge in [0.15, 0.2) is 0 Å². The fourth-order valence-electron chi connectivity index (χ4n) is 4.84. The molecule has 1 unspecified atom stereocenters. The number of carboxylic acid groups (broad SMARTS) is 1. The maximum Gasteiger partial charge on any atom is 0.353 e. The van der Waals surface area contributed by atoms with Gasteiger partial charge in [-0.1, -0.05) is 6.92 Å². The fourth-order valence-corrected chi connectivity index (χ4v) is 6.38. The summed E-state index contributed by atoms with van der Waals surface area (Å²) in [6.45, 7) is 3.59. The molecule has 0 saturated carbocycles. The number of carboxylic acids is 1. The minimum Gasteiger partial charge on any atom is -0.477 e. The third-order valence-electron chi connectivity index (χ3n) is 6.38. The zero-order valence-corrected chi connectivity index (χ0v) is 19.4. The highest BCUT2D eigenvalue weighted by Crippen LogP contribution is 2.52. The zero-order chi connectivity index (χ0) is 24.8. The molecule has 0 aliphatic carbocycles. The number of hydrogen-bond donors (Lipinski definition) is 3. The summed E-state index contributed by atoms with van der Waals surface area (Å²) in [4.78, 5) is 53.4. The lowest BCUT2D eigenvalue weighted by atomic mass is 9.78. The summed E-state index contributed by atoms with van der Waals surface area (Å²) in [6.07, 6.45) is -1.71. The molecule has 6 atom stereocenters. The van der Waals surface area contributed by atoms with Crippen molar-refractivity contribution in [1.82, 2.24) is 20.0 Å². The van der Waals surface area contributed by atoms with E-state index in [-0.39, 0.29) is 16.9 Å². The van der Waals surface area contributed by atoms with Crippen molar-refractivity contribution in [2.45, 2.75) is 50.1 Å². The highest BCUT2D eigenvalue weighted by atomic mass is 32.2. The number of halogens is 2. The smallest absolute Gasteiger partial charge is 0.353 e. The average molecular weight is 488 g/mol. The Balaban J connectivity index is 1.80. The predicted octanol–water partition coefficient (Wildman–Crippen LogP) is 0.400. The van der Waals surface area contributed by atoms with E-state index in [2.05, 4.69) is 5.32 Å². The van der Waals surface area contributed by atoms with Crippen LogP contribution in [0, 0.1) is 17.2 Å². The largest absolute Gasteiger partial charge is 0.477 e. The molecule has 3 aliphatic heterocycles. The number of carbonyl (C=O) groups excluding carboxylic acids is 3. The molecule has 0 aromatic heterocycles. The first-order valence-electron chi connectivity index (χ1n) is 10.4. The van der Waals surface area contributed by atoms with Gasteiger partial charge in [-0.2, -0.15) is 8.78 Å². The van der Waals surface area contributed by atoms with Gasteiger partial charge >= 0.3 is 12.4 Å². The Hall–Kier alpha value is -2.70. The van der Waals surface area contributed by atoms with Gasteiger partial charge in [0.1, 0.15) is 11.7 Å². The van der Waals surface area contributed by atoms with Gasteiger partial charge in [-0.25, -0.2) is 4.79 Å². The van der Waals surface area contributed by atoms with E-state index in [1.807, 2.05) is 0 Å². The summed E-state index contributed by atoms with van der Waals surface area (Å²) in [5.41, 5.74) is -0.144. The summed E-state index contributed by atoms with van der Waals surface area (Å²) < 4.78 is 25.3. The van der Waals surface area contributed by atoms with Gasteiger partial charge < -0.3 is 25.1 Å². The quantitative estimate of drug-likeness (QED) is 0.256. The molecular weight excluding hydrogens is 460 g/mol. The molecule has 10 nitrogen and oxygen atoms in total. The van der Waals surface area contributed by atoms with E-state index in [0.29, 0.717) is 17.9 Å². The summed E-state index contributed by atoms with van der Waals surface area (Å²) in [6, 6.07) is -1.99. The van der Waals surface area contributed by atoms with Gasteiger partial charge in [-0.15, -0.1) is 11.8 Å². The number of hydrogen-bond acceptors (Lipinski definition) is 6. The van der Waals surface area contributed by atoms with Crippen LogP contribution in [0.4, 0.5) is 8.78 Å². The van der Waals surface area contributed by atoms with Crippen LogP contribution in [-0.4, -0.2) is 100 Å². The lowest BCUT2D eigenvalue weighted by molar-refractivity contribution is -0.159. The van der Waals surface area contributed by atoms with Crippen molar-refractivity contribution < 1.29 is 33.1 Å². The van der Waals surface area contributed by atoms with Crippen LogP contribution in [0.25, 0.3) is 0 Å². The van der Waals surface area contributed by atoms with Gasteiger partial charge in [0.05, 0.1) is 18.3 Å². The van der Waals surface area contributed by atoms with Crippen molar-refractivity contribution in [2.24, 2.45) is 11.8 Å². The van der Waals surface area contributed by atoms with Crippen molar-refractivity contribution in [2.75, 3.05) is 20.6 Å². The van der Waals surface area contributed by atoms with Crippen molar-refractivity contribution in [1.29, 1.82) is 5.41 Å². The number of likely N-dealkylation sites (tertiary alicyclic amines) is 1. The first-order valence-corrected chi connectivity index (χ1v) is 11.3. The SMILES string of the molecule is CC(NC(=O)C(F)F)[C@H]1C(=O)N2C(C(=O)O)=C(S[C@H]3C[C@@H](C(=O)N(C)C)N(C=N)C3)[C@H](C)[C@H]12. The van der Waals surface area contributed by atoms with E-state index in [1.54, 1.807) is 25.9 Å². The predicted molar refractivity (Wildman–Crippen MR) is 116 cm³/mol. The molecule has 182 valence electrons. The number of β-lactam (4-membered cyclic amide) rings is 1. The Kier molecular flexibility index (Phi) is 7.01. The molecule has 33 heavy (non-hydrogen) atoms. The highest BCUT2D eigenvalue weighted by molar-refractivity contribution is 8.03. The molecule has 0 aromatic rings. The number of likely N-dealkylation sites (N-methyl/N-ethyl adjacent to an activating group) is 1. The van der Waals surface area contributed by atoms with E-state index in [1.165, 1.54) is 28.5 Å². The minimum atomic E-state index is -3.21. The number of nitrogens with one attached hydrogen (secondary N) is 2. The van der Waals surface area contributed by atoms with Gasteiger partial charge in [0.25, 0.3) is 5.91 Å². The number of alkyl halides is 2. The molecule has 0 aromatic carbocycles. The number of aliphatic carboxylic acids is 1. The molecule has 0 bridgehead atoms. The Morgan fingerprint density at radius 2 is 1.97 bits per heavy atom. The number of rotatable bonds is 8. The molecule has 3 heterocycles. The summed E-state index contributed by atoms with van der Waals surface area (Å²) in [5.74, 6) is -4.65. The third kappa shape index (κ3) is 4.30. The molecular formula is C20H27F2N5O5S. The van der Waals surface area contributed by atoms with Crippen molar-refractivity contribution in [3.05, 3.63) is 10.6 Å². The lowest BCUT2D eigenvalue weighted by Gasteiger charge is -2.47. The number of thioether (sulfide) groups is 1. The first kappa shape index (κ1) is 24.9. The van der Waals surface area contributed by atoms with Gasteiger partial charge in [-0.3, -0.25) is 19.8 Å². The Bertz CT molecular complexity index is 913. The minimum absolute atomic E-state index is 0.144. The molecule has 0 radical (unpaired) electrons. The molecule has 3 aliphatic rings. The molecule has 3 rings (SSSR count). The molecule has 2 fully saturated rings. The number of fused-ring (bicyclic) bond motifs is 1. The van der Waals surface area contributed by atoms with E-state index in [0.717, 1.165) is 6.34 Å². The fraction of sp³-hybridized carbons (Fsp3) is 0.650. The van der Waals surface area contributed by atoms with Crippen LogP contribution in [0.5, 0.6) is 0 Å². The second-order valence-corrected chi connectivity index (χ2v) is 10.0. The van der Waals surface area contributed by atoms with Crippen LogP contribution in [0.1, 0.15) is 20.3 Å². The normalized spacial score (nSPS) is 29.7. The van der Waals surface area contributed by atoms with Crippen LogP contribution >= 0.6 is 11.8 Å². The summed E-state index contributed by atoms with van der Waals surface area (Å²) in [5, 5.41) is 19.4. The van der Waals surface area contributed by atoms with Gasteiger partial charge in [0.2, 0.25) is 11.8 Å².